The molecule has 7 nitrogen and oxygen atoms in total. The molecule has 2 N–H and O–H groups in total. The van der Waals surface area contributed by atoms with Crippen molar-refractivity contribution < 1.29 is 9.15 Å². The van der Waals surface area contributed by atoms with E-state index in [-0.39, 0.29) is 30.1 Å². The number of piperidine rings is 1. The molecule has 2 fully saturated rings. The van der Waals surface area contributed by atoms with Crippen LogP contribution < -0.4 is 15.5 Å². The Bertz CT molecular complexity index is 758. The fraction of sp³-hybridized carbons (Fsp3) is 0.565. The van der Waals surface area contributed by atoms with Crippen LogP contribution in [0.4, 0.5) is 5.82 Å². The van der Waals surface area contributed by atoms with E-state index in [1.165, 1.54) is 12.8 Å². The number of rotatable bonds is 7. The third kappa shape index (κ3) is 7.68. The van der Waals surface area contributed by atoms with E-state index < -0.39 is 0 Å². The maximum atomic E-state index is 5.85. The van der Waals surface area contributed by atoms with Gasteiger partial charge in [0.05, 0.1) is 18.9 Å². The maximum Gasteiger partial charge on any atom is 0.191 e. The molecule has 4 heterocycles. The van der Waals surface area contributed by atoms with Gasteiger partial charge in [-0.3, -0.25) is 4.99 Å². The van der Waals surface area contributed by atoms with Crippen LogP contribution in [0.1, 0.15) is 37.9 Å². The summed E-state index contributed by atoms with van der Waals surface area (Å²) in [5, 5.41) is 7.14. The number of anilines is 1. The molecular formula is C23H34IN5O2. The molecule has 2 aromatic rings. The van der Waals surface area contributed by atoms with Crippen LogP contribution in [0.15, 0.2) is 52.2 Å². The maximum absolute atomic E-state index is 5.85. The molecule has 0 saturated carbocycles. The fourth-order valence-electron chi connectivity index (χ4n) is 4.04. The summed E-state index contributed by atoms with van der Waals surface area (Å²) in [6, 6.07) is 10.4. The molecule has 170 valence electrons. The first kappa shape index (κ1) is 23.8. The number of aliphatic imine (C=N–C) groups is 1. The number of nitrogens with one attached hydrogen (secondary N) is 2. The summed E-state index contributed by atoms with van der Waals surface area (Å²) < 4.78 is 11.3. The van der Waals surface area contributed by atoms with Crippen LogP contribution in [0.3, 0.4) is 0 Å². The molecule has 0 radical (unpaired) electrons. The van der Waals surface area contributed by atoms with Gasteiger partial charge in [-0.15, -0.1) is 24.0 Å². The Balaban J connectivity index is 0.00000272. The van der Waals surface area contributed by atoms with Gasteiger partial charge in [-0.2, -0.15) is 0 Å². The first-order valence-electron chi connectivity index (χ1n) is 11.2. The average Bonchev–Trinajstić information content (AvgIpc) is 3.33. The second-order valence-corrected chi connectivity index (χ2v) is 8.03. The van der Waals surface area contributed by atoms with E-state index >= 15 is 0 Å². The summed E-state index contributed by atoms with van der Waals surface area (Å²) in [5.41, 5.74) is 0. The fourth-order valence-corrected chi connectivity index (χ4v) is 4.04. The second-order valence-electron chi connectivity index (χ2n) is 8.03. The zero-order valence-corrected chi connectivity index (χ0v) is 20.4. The number of furan rings is 1. The van der Waals surface area contributed by atoms with Crippen molar-refractivity contribution in [1.82, 2.24) is 15.6 Å². The highest BCUT2D eigenvalue weighted by molar-refractivity contribution is 14.0. The van der Waals surface area contributed by atoms with Gasteiger partial charge in [0.25, 0.3) is 0 Å². The molecule has 4 rings (SSSR count). The Morgan fingerprint density at radius 3 is 2.74 bits per heavy atom. The van der Waals surface area contributed by atoms with Crippen molar-refractivity contribution in [2.45, 2.75) is 50.7 Å². The number of ether oxygens (including phenoxy) is 1. The minimum atomic E-state index is 0. The summed E-state index contributed by atoms with van der Waals surface area (Å²) in [7, 11) is 0. The van der Waals surface area contributed by atoms with E-state index in [2.05, 4.69) is 26.6 Å². The molecule has 2 saturated heterocycles. The lowest BCUT2D eigenvalue weighted by molar-refractivity contribution is 0.0224. The average molecular weight is 539 g/mol. The highest BCUT2D eigenvalue weighted by atomic mass is 127. The minimum absolute atomic E-state index is 0. The molecule has 1 atom stereocenters. The molecule has 2 aliphatic heterocycles. The minimum Gasteiger partial charge on any atom is -0.469 e. The third-order valence-electron chi connectivity index (χ3n) is 5.78. The summed E-state index contributed by atoms with van der Waals surface area (Å²) in [5.74, 6) is 2.93. The van der Waals surface area contributed by atoms with Gasteiger partial charge in [0.1, 0.15) is 11.6 Å². The zero-order chi connectivity index (χ0) is 20.4. The first-order valence-corrected chi connectivity index (χ1v) is 11.2. The standard InChI is InChI=1S/C23H33N5O2.HI/c1-3-12-24-22(8-1)28-14-10-19(11-15-28)27-23(25-13-9-20-7-5-17-29-20)26-18-21-6-2-4-16-30-21;/h1,3,5,7-8,12,17,19,21H,2,4,6,9-11,13-16,18H2,(H2,25,26,27);1H. The van der Waals surface area contributed by atoms with Crippen LogP contribution in [0.25, 0.3) is 0 Å². The number of nitrogens with zero attached hydrogens (tertiary/aromatic N) is 3. The first-order chi connectivity index (χ1) is 14.9. The van der Waals surface area contributed by atoms with Crippen LogP contribution >= 0.6 is 24.0 Å². The second kappa shape index (κ2) is 12.9. The number of pyridine rings is 1. The van der Waals surface area contributed by atoms with E-state index in [4.69, 9.17) is 14.1 Å². The van der Waals surface area contributed by atoms with Crippen LogP contribution in [0.2, 0.25) is 0 Å². The smallest absolute Gasteiger partial charge is 0.191 e. The Labute approximate surface area is 202 Å². The van der Waals surface area contributed by atoms with E-state index in [1.807, 2.05) is 30.5 Å². The van der Waals surface area contributed by atoms with Gasteiger partial charge in [-0.25, -0.2) is 4.98 Å². The molecule has 0 bridgehead atoms. The van der Waals surface area contributed by atoms with Crippen molar-refractivity contribution >= 4 is 35.8 Å². The monoisotopic (exact) mass is 539 g/mol. The predicted octanol–water partition coefficient (Wildman–Crippen LogP) is 3.61. The normalized spacial score (nSPS) is 20.2. The van der Waals surface area contributed by atoms with Crippen molar-refractivity contribution in [2.24, 2.45) is 4.99 Å². The molecule has 2 aliphatic rings. The van der Waals surface area contributed by atoms with E-state index in [0.717, 1.165) is 69.5 Å². The van der Waals surface area contributed by atoms with E-state index in [0.29, 0.717) is 12.6 Å². The summed E-state index contributed by atoms with van der Waals surface area (Å²) in [6.07, 6.45) is 10.3. The quantitative estimate of drug-likeness (QED) is 0.318. The number of halogens is 1. The van der Waals surface area contributed by atoms with Gasteiger partial charge in [-0.1, -0.05) is 6.07 Å². The number of hydrogen-bond donors (Lipinski definition) is 2. The van der Waals surface area contributed by atoms with E-state index in [9.17, 15) is 0 Å². The lowest BCUT2D eigenvalue weighted by Crippen LogP contribution is -2.49. The van der Waals surface area contributed by atoms with Gasteiger partial charge in [-0.05, 0) is 56.4 Å². The number of aromatic nitrogens is 1. The van der Waals surface area contributed by atoms with Crippen molar-refractivity contribution in [3.8, 4) is 0 Å². The van der Waals surface area contributed by atoms with Crippen LogP contribution in [-0.2, 0) is 11.2 Å². The van der Waals surface area contributed by atoms with Crippen molar-refractivity contribution in [2.75, 3.05) is 37.7 Å². The van der Waals surface area contributed by atoms with Gasteiger partial charge in [0.2, 0.25) is 0 Å². The largest absolute Gasteiger partial charge is 0.469 e. The molecule has 0 amide bonds. The zero-order valence-electron chi connectivity index (χ0n) is 18.0. The Kier molecular flexibility index (Phi) is 9.92. The summed E-state index contributed by atoms with van der Waals surface area (Å²) in [4.78, 5) is 11.7. The van der Waals surface area contributed by atoms with Crippen LogP contribution in [0, 0.1) is 0 Å². The lowest BCUT2D eigenvalue weighted by atomic mass is 10.1. The molecule has 0 aromatic carbocycles. The SMILES string of the molecule is I.c1ccc(N2CCC(NC(=NCC3CCCCO3)NCCc3ccco3)CC2)nc1. The Morgan fingerprint density at radius 1 is 1.13 bits per heavy atom. The number of hydrogen-bond acceptors (Lipinski definition) is 5. The highest BCUT2D eigenvalue weighted by Crippen LogP contribution is 2.17. The predicted molar refractivity (Wildman–Crippen MR) is 134 cm³/mol. The van der Waals surface area contributed by atoms with Crippen LogP contribution in [-0.4, -0.2) is 55.9 Å². The molecule has 31 heavy (non-hydrogen) atoms. The topological polar surface area (TPSA) is 74.9 Å². The van der Waals surface area contributed by atoms with Gasteiger partial charge in [0, 0.05) is 44.9 Å². The van der Waals surface area contributed by atoms with Crippen molar-refractivity contribution in [3.05, 3.63) is 48.6 Å². The highest BCUT2D eigenvalue weighted by Gasteiger charge is 2.21. The van der Waals surface area contributed by atoms with E-state index in [1.54, 1.807) is 6.26 Å². The number of guanidine groups is 1. The van der Waals surface area contributed by atoms with Crippen LogP contribution in [0.5, 0.6) is 0 Å². The molecule has 2 aromatic heterocycles. The summed E-state index contributed by atoms with van der Waals surface area (Å²) >= 11 is 0. The van der Waals surface area contributed by atoms with Crippen molar-refractivity contribution in [1.29, 1.82) is 0 Å². The van der Waals surface area contributed by atoms with Gasteiger partial charge >= 0.3 is 0 Å². The Morgan fingerprint density at radius 2 is 2.03 bits per heavy atom. The van der Waals surface area contributed by atoms with Gasteiger partial charge in [0.15, 0.2) is 5.96 Å². The summed E-state index contributed by atoms with van der Waals surface area (Å²) in [6.45, 7) is 4.36. The molecule has 0 spiro atoms. The third-order valence-corrected chi connectivity index (χ3v) is 5.78. The molecule has 8 heteroatoms. The lowest BCUT2D eigenvalue weighted by Gasteiger charge is -2.34. The molecular weight excluding hydrogens is 505 g/mol. The Hall–Kier alpha value is -1.81. The molecule has 1 unspecified atom stereocenters. The van der Waals surface area contributed by atoms with Gasteiger partial charge < -0.3 is 24.7 Å². The van der Waals surface area contributed by atoms with Crippen molar-refractivity contribution in [3.63, 3.8) is 0 Å². The molecule has 0 aliphatic carbocycles.